The van der Waals surface area contributed by atoms with Crippen molar-refractivity contribution in [3.05, 3.63) is 30.0 Å². The summed E-state index contributed by atoms with van der Waals surface area (Å²) in [6, 6.07) is 7.58. The van der Waals surface area contributed by atoms with Gasteiger partial charge in [0, 0.05) is 37.9 Å². The lowest BCUT2D eigenvalue weighted by Gasteiger charge is -2.43. The molecule has 3 aliphatic rings. The third-order valence-corrected chi connectivity index (χ3v) is 8.10. The number of benzene rings is 1. The molecule has 8 heteroatoms. The van der Waals surface area contributed by atoms with Gasteiger partial charge >= 0.3 is 0 Å². The SMILES string of the molecule is O=C(c1n[nH]c2ccccc12)N1CCC2(CC1)N(CC1CC1)C(=O)CS2=O. The van der Waals surface area contributed by atoms with E-state index in [2.05, 4.69) is 10.2 Å². The maximum absolute atomic E-state index is 13.0. The summed E-state index contributed by atoms with van der Waals surface area (Å²) in [4.78, 5) is 28.5. The number of aromatic amines is 1. The van der Waals surface area contributed by atoms with E-state index in [9.17, 15) is 13.8 Å². The van der Waals surface area contributed by atoms with Gasteiger partial charge in [0.15, 0.2) is 5.69 Å². The first-order valence-electron chi connectivity index (χ1n) is 9.50. The van der Waals surface area contributed by atoms with Crippen LogP contribution in [0.15, 0.2) is 24.3 Å². The third kappa shape index (κ3) is 2.69. The Balaban J connectivity index is 1.35. The van der Waals surface area contributed by atoms with Crippen LogP contribution in [0.25, 0.3) is 10.9 Å². The summed E-state index contributed by atoms with van der Waals surface area (Å²) in [7, 11) is -1.19. The summed E-state index contributed by atoms with van der Waals surface area (Å²) >= 11 is 0. The lowest BCUT2D eigenvalue weighted by atomic mass is 10.0. The number of nitrogens with zero attached hydrogens (tertiary/aromatic N) is 3. The molecule has 27 heavy (non-hydrogen) atoms. The molecule has 3 fully saturated rings. The highest BCUT2D eigenvalue weighted by Crippen LogP contribution is 2.41. The number of nitrogens with one attached hydrogen (secondary N) is 1. The van der Waals surface area contributed by atoms with Crippen LogP contribution in [0.2, 0.25) is 0 Å². The number of carbonyl (C=O) groups is 2. The number of likely N-dealkylation sites (tertiary alicyclic amines) is 1. The van der Waals surface area contributed by atoms with Crippen LogP contribution in [0.3, 0.4) is 0 Å². The van der Waals surface area contributed by atoms with Gasteiger partial charge in [0.25, 0.3) is 5.91 Å². The highest BCUT2D eigenvalue weighted by molar-refractivity contribution is 7.87. The topological polar surface area (TPSA) is 86.4 Å². The molecule has 5 rings (SSSR count). The minimum atomic E-state index is -1.19. The molecule has 2 aliphatic heterocycles. The zero-order valence-corrected chi connectivity index (χ0v) is 15.8. The van der Waals surface area contributed by atoms with Crippen molar-refractivity contribution in [2.24, 2.45) is 5.92 Å². The molecule has 1 atom stereocenters. The highest BCUT2D eigenvalue weighted by Gasteiger charge is 2.54. The van der Waals surface area contributed by atoms with Crippen LogP contribution in [-0.4, -0.2) is 66.3 Å². The lowest BCUT2D eigenvalue weighted by Crippen LogP contribution is -2.56. The first-order valence-corrected chi connectivity index (χ1v) is 10.8. The molecule has 2 amide bonds. The quantitative estimate of drug-likeness (QED) is 0.866. The Morgan fingerprint density at radius 3 is 2.74 bits per heavy atom. The number of H-pyrrole nitrogens is 1. The molecule has 1 spiro atoms. The van der Waals surface area contributed by atoms with E-state index in [1.165, 1.54) is 0 Å². The molecule has 1 aromatic heterocycles. The zero-order chi connectivity index (χ0) is 18.6. The molecule has 2 aromatic rings. The fourth-order valence-corrected chi connectivity index (χ4v) is 6.04. The highest BCUT2D eigenvalue weighted by atomic mass is 32.2. The second kappa shape index (κ2) is 6.15. The molecule has 3 heterocycles. The Morgan fingerprint density at radius 2 is 2.00 bits per heavy atom. The number of aromatic nitrogens is 2. The van der Waals surface area contributed by atoms with Crippen LogP contribution in [-0.2, 0) is 15.6 Å². The van der Waals surface area contributed by atoms with E-state index in [4.69, 9.17) is 0 Å². The van der Waals surface area contributed by atoms with Crippen molar-refractivity contribution in [1.82, 2.24) is 20.0 Å². The van der Waals surface area contributed by atoms with Crippen molar-refractivity contribution < 1.29 is 13.8 Å². The summed E-state index contributed by atoms with van der Waals surface area (Å²) in [5, 5.41) is 7.93. The summed E-state index contributed by atoms with van der Waals surface area (Å²) < 4.78 is 12.8. The first kappa shape index (κ1) is 16.9. The van der Waals surface area contributed by atoms with Crippen molar-refractivity contribution in [3.63, 3.8) is 0 Å². The van der Waals surface area contributed by atoms with Crippen molar-refractivity contribution in [2.45, 2.75) is 30.6 Å². The minimum absolute atomic E-state index is 0.0123. The number of carbonyl (C=O) groups excluding carboxylic acids is 2. The van der Waals surface area contributed by atoms with Gasteiger partial charge in [0.05, 0.1) is 16.3 Å². The fourth-order valence-electron chi connectivity index (χ4n) is 4.33. The Morgan fingerprint density at radius 1 is 1.26 bits per heavy atom. The standard InChI is InChI=1S/C19H22N4O3S/c24-16-12-27(26)19(23(16)11-13-5-6-13)7-9-22(10-8-19)18(25)17-14-3-1-2-4-15(14)20-21-17/h1-4,13H,5-12H2,(H,20,21). The van der Waals surface area contributed by atoms with Crippen molar-refractivity contribution in [3.8, 4) is 0 Å². The monoisotopic (exact) mass is 386 g/mol. The smallest absolute Gasteiger partial charge is 0.274 e. The Labute approximate surface area is 159 Å². The molecule has 0 bridgehead atoms. The third-order valence-electron chi connectivity index (χ3n) is 6.11. The van der Waals surface area contributed by atoms with Crippen molar-refractivity contribution in [1.29, 1.82) is 0 Å². The number of para-hydroxylation sites is 1. The van der Waals surface area contributed by atoms with Gasteiger partial charge in [-0.2, -0.15) is 5.10 Å². The van der Waals surface area contributed by atoms with E-state index in [1.807, 2.05) is 29.2 Å². The lowest BCUT2D eigenvalue weighted by molar-refractivity contribution is -0.131. The van der Waals surface area contributed by atoms with Gasteiger partial charge in [-0.1, -0.05) is 18.2 Å². The number of piperidine rings is 1. The first-order chi connectivity index (χ1) is 13.1. The van der Waals surface area contributed by atoms with Crippen LogP contribution < -0.4 is 0 Å². The van der Waals surface area contributed by atoms with Gasteiger partial charge in [-0.3, -0.25) is 18.9 Å². The summed E-state index contributed by atoms with van der Waals surface area (Å²) in [5.74, 6) is 0.602. The van der Waals surface area contributed by atoms with E-state index in [0.29, 0.717) is 37.5 Å². The van der Waals surface area contributed by atoms with E-state index in [1.54, 1.807) is 4.90 Å². The predicted octanol–water partition coefficient (Wildman–Crippen LogP) is 1.50. The molecule has 1 aliphatic carbocycles. The number of hydrogen-bond donors (Lipinski definition) is 1. The molecule has 1 N–H and O–H groups in total. The van der Waals surface area contributed by atoms with Gasteiger partial charge < -0.3 is 9.80 Å². The van der Waals surface area contributed by atoms with E-state index >= 15 is 0 Å². The maximum Gasteiger partial charge on any atom is 0.274 e. The summed E-state index contributed by atoms with van der Waals surface area (Å²) in [6.45, 7) is 1.73. The summed E-state index contributed by atoms with van der Waals surface area (Å²) in [5.41, 5.74) is 1.27. The average Bonchev–Trinajstić information content (AvgIpc) is 3.36. The van der Waals surface area contributed by atoms with Crippen LogP contribution in [0.4, 0.5) is 0 Å². The van der Waals surface area contributed by atoms with Crippen molar-refractivity contribution >= 4 is 33.5 Å². The minimum Gasteiger partial charge on any atom is -0.337 e. The van der Waals surface area contributed by atoms with Gasteiger partial charge in [-0.05, 0) is 24.8 Å². The molecule has 1 saturated carbocycles. The van der Waals surface area contributed by atoms with Crippen molar-refractivity contribution in [2.75, 3.05) is 25.4 Å². The number of hydrogen-bond acceptors (Lipinski definition) is 4. The Bertz CT molecular complexity index is 943. The van der Waals surface area contributed by atoms with Crippen LogP contribution in [0.1, 0.15) is 36.2 Å². The van der Waals surface area contributed by atoms with E-state index < -0.39 is 15.7 Å². The Hall–Kier alpha value is -2.22. The largest absolute Gasteiger partial charge is 0.337 e. The van der Waals surface area contributed by atoms with Crippen LogP contribution in [0.5, 0.6) is 0 Å². The summed E-state index contributed by atoms with van der Waals surface area (Å²) in [6.07, 6.45) is 3.46. The van der Waals surface area contributed by atoms with E-state index in [0.717, 1.165) is 30.3 Å². The second-order valence-corrected chi connectivity index (χ2v) is 9.53. The van der Waals surface area contributed by atoms with Gasteiger partial charge in [0.2, 0.25) is 5.91 Å². The van der Waals surface area contributed by atoms with Crippen LogP contribution >= 0.6 is 0 Å². The van der Waals surface area contributed by atoms with Crippen LogP contribution in [0, 0.1) is 5.92 Å². The Kier molecular flexibility index (Phi) is 3.86. The zero-order valence-electron chi connectivity index (χ0n) is 15.0. The number of fused-ring (bicyclic) bond motifs is 1. The maximum atomic E-state index is 13.0. The fraction of sp³-hybridized carbons (Fsp3) is 0.526. The molecular weight excluding hydrogens is 364 g/mol. The number of rotatable bonds is 3. The molecule has 1 unspecified atom stereocenters. The second-order valence-electron chi connectivity index (χ2n) is 7.79. The van der Waals surface area contributed by atoms with Gasteiger partial charge in [0.1, 0.15) is 10.6 Å². The number of amides is 2. The molecular formula is C19H22N4O3S. The van der Waals surface area contributed by atoms with Gasteiger partial charge in [-0.15, -0.1) is 0 Å². The normalized spacial score (nSPS) is 24.9. The molecule has 142 valence electrons. The molecule has 2 saturated heterocycles. The molecule has 1 aromatic carbocycles. The predicted molar refractivity (Wildman–Crippen MR) is 101 cm³/mol. The van der Waals surface area contributed by atoms with E-state index in [-0.39, 0.29) is 17.6 Å². The van der Waals surface area contributed by atoms with Gasteiger partial charge in [-0.25, -0.2) is 0 Å². The molecule has 0 radical (unpaired) electrons. The molecule has 7 nitrogen and oxygen atoms in total. The average molecular weight is 386 g/mol.